The number of aliphatic carboxylic acids is 1. The van der Waals surface area contributed by atoms with Crippen molar-refractivity contribution in [2.24, 2.45) is 0 Å². The normalized spacial score (nSPS) is 13.3. The Morgan fingerprint density at radius 3 is 1.11 bits per heavy atom. The summed E-state index contributed by atoms with van der Waals surface area (Å²) in [5.41, 5.74) is 2.28. The van der Waals surface area contributed by atoms with Gasteiger partial charge in [-0.3, -0.25) is 0 Å². The second-order valence-electron chi connectivity index (χ2n) is 12.6. The van der Waals surface area contributed by atoms with Crippen LogP contribution in [0.4, 0.5) is 13.2 Å². The molecular weight excluding hydrogens is 586 g/mol. The molecule has 0 atom stereocenters. The quantitative estimate of drug-likeness (QED) is 0.258. The maximum atomic E-state index is 11.2. The first-order chi connectivity index (χ1) is 14.8. The number of halogens is 3. The summed E-state index contributed by atoms with van der Waals surface area (Å²) in [4.78, 5) is 8.90. The Hall–Kier alpha value is -0.198. The number of alkyl halides is 3. The molecule has 0 bridgehead atoms. The Labute approximate surface area is 227 Å². The van der Waals surface area contributed by atoms with Gasteiger partial charge in [-0.2, -0.15) is 13.2 Å². The molecule has 0 amide bonds. The van der Waals surface area contributed by atoms with Gasteiger partial charge in [0.15, 0.2) is 0 Å². The van der Waals surface area contributed by atoms with Crippen LogP contribution in [-0.4, -0.2) is 43.0 Å². The van der Waals surface area contributed by atoms with Crippen molar-refractivity contribution in [1.82, 2.24) is 0 Å². The Morgan fingerprint density at radius 2 is 0.943 bits per heavy atom. The topological polar surface area (TPSA) is 57.5 Å². The molecule has 1 aromatic rings. The van der Waals surface area contributed by atoms with Gasteiger partial charge in [0.1, 0.15) is 5.75 Å². The number of hydrogen-bond donors (Lipinski definition) is 2. The average molecular weight is 631 g/mol. The number of hydrogen-bond acceptors (Lipinski definition) is 2. The molecule has 0 radical (unpaired) electrons. The fourth-order valence-electron chi connectivity index (χ4n) is 4.20. The standard InChI is InChI=1S/C24H44OP2.C2HF3O2.Pd/c1-21(2,3)26(22(4,5)6)16-18-14-13-15-19(20(18)25)17-27(23(7,8)9)24(10,11)12;3-2(4,5)1(6)7;/h13-15,25H,16-17H2,1-12H3;(H,6,7);. The number of phenolic OH excluding ortho intramolecular Hbond substituents is 1. The number of carboxylic acid groups (broad SMARTS) is 1. The van der Waals surface area contributed by atoms with Crippen LogP contribution in [0.2, 0.25) is 0 Å². The summed E-state index contributed by atoms with van der Waals surface area (Å²) in [6, 6.07) is 6.44. The van der Waals surface area contributed by atoms with E-state index in [9.17, 15) is 18.3 Å². The molecule has 0 spiro atoms. The number of benzene rings is 1. The average Bonchev–Trinajstić information content (AvgIpc) is 2.55. The molecule has 0 aliphatic carbocycles. The minimum Gasteiger partial charge on any atom is -0.507 e. The number of carboxylic acids is 1. The van der Waals surface area contributed by atoms with Crippen LogP contribution in [-0.2, 0) is 37.5 Å². The summed E-state index contributed by atoms with van der Waals surface area (Å²) in [5, 5.41) is 19.3. The van der Waals surface area contributed by atoms with E-state index in [0.717, 1.165) is 23.5 Å². The molecule has 9 heteroatoms. The minimum absolute atomic E-state index is 0. The Kier molecular flexibility index (Phi) is 13.8. The van der Waals surface area contributed by atoms with Gasteiger partial charge >= 0.3 is 12.1 Å². The molecule has 0 saturated carbocycles. The van der Waals surface area contributed by atoms with Crippen LogP contribution in [0.5, 0.6) is 5.75 Å². The SMILES string of the molecule is CC(C)(C)P(Cc1cccc(CP(C(C)(C)C)C(C)(C)C)c1O)C(C)(C)C.O=C(O)C(F)(F)F.[Pd]. The van der Waals surface area contributed by atoms with E-state index in [0.29, 0.717) is 5.75 Å². The maximum absolute atomic E-state index is 11.2. The van der Waals surface area contributed by atoms with Crippen molar-refractivity contribution in [3.8, 4) is 5.75 Å². The second-order valence-corrected chi connectivity index (χ2v) is 20.3. The third-order valence-corrected chi connectivity index (χ3v) is 13.1. The summed E-state index contributed by atoms with van der Waals surface area (Å²) in [7, 11) is -0.536. The van der Waals surface area contributed by atoms with E-state index in [1.165, 1.54) is 0 Å². The summed E-state index contributed by atoms with van der Waals surface area (Å²) < 4.78 is 31.7. The Morgan fingerprint density at radius 1 is 0.714 bits per heavy atom. The number of rotatable bonds is 4. The first kappa shape index (κ1) is 37.0. The van der Waals surface area contributed by atoms with Crippen molar-refractivity contribution in [1.29, 1.82) is 0 Å². The summed E-state index contributed by atoms with van der Waals surface area (Å²) in [6.07, 6.45) is -3.10. The Bertz CT molecular complexity index is 735. The fraction of sp³-hybridized carbons (Fsp3) is 0.731. The van der Waals surface area contributed by atoms with E-state index in [2.05, 4.69) is 101 Å². The third kappa shape index (κ3) is 12.7. The molecule has 35 heavy (non-hydrogen) atoms. The van der Waals surface area contributed by atoms with Gasteiger partial charge in [0, 0.05) is 20.4 Å². The monoisotopic (exact) mass is 630 g/mol. The predicted molar refractivity (Wildman–Crippen MR) is 142 cm³/mol. The molecule has 3 nitrogen and oxygen atoms in total. The van der Waals surface area contributed by atoms with Crippen molar-refractivity contribution in [2.45, 2.75) is 122 Å². The van der Waals surface area contributed by atoms with Crippen molar-refractivity contribution >= 4 is 21.8 Å². The molecule has 0 aromatic heterocycles. The van der Waals surface area contributed by atoms with Gasteiger partial charge in [-0.15, -0.1) is 0 Å². The second kappa shape index (κ2) is 13.0. The fourth-order valence-corrected chi connectivity index (χ4v) is 11.3. The van der Waals surface area contributed by atoms with Gasteiger partial charge < -0.3 is 10.2 Å². The number of para-hydroxylation sites is 1. The molecule has 0 heterocycles. The van der Waals surface area contributed by atoms with Crippen LogP contribution in [0.25, 0.3) is 0 Å². The third-order valence-electron chi connectivity index (χ3n) is 5.34. The first-order valence-electron chi connectivity index (χ1n) is 11.4. The van der Waals surface area contributed by atoms with Gasteiger partial charge in [-0.1, -0.05) is 117 Å². The van der Waals surface area contributed by atoms with E-state index in [4.69, 9.17) is 9.90 Å². The number of phenols is 1. The zero-order chi connectivity index (χ0) is 27.5. The maximum Gasteiger partial charge on any atom is 0.490 e. The van der Waals surface area contributed by atoms with E-state index in [1.807, 2.05) is 0 Å². The van der Waals surface area contributed by atoms with Gasteiger partial charge in [-0.25, -0.2) is 4.79 Å². The molecule has 0 aliphatic heterocycles. The van der Waals surface area contributed by atoms with E-state index in [1.54, 1.807) is 0 Å². The van der Waals surface area contributed by atoms with Crippen LogP contribution in [0.3, 0.4) is 0 Å². The smallest absolute Gasteiger partial charge is 0.490 e. The minimum atomic E-state index is -5.08. The molecule has 0 aliphatic rings. The molecular formula is C26H45F3O3P2Pd. The zero-order valence-corrected chi connectivity index (χ0v) is 26.6. The van der Waals surface area contributed by atoms with E-state index in [-0.39, 0.29) is 56.9 Å². The van der Waals surface area contributed by atoms with Crippen LogP contribution < -0.4 is 0 Å². The molecule has 0 fully saturated rings. The van der Waals surface area contributed by atoms with Crippen LogP contribution in [0.1, 0.15) is 94.2 Å². The Balaban J connectivity index is 0. The largest absolute Gasteiger partial charge is 0.507 e. The molecule has 0 saturated heterocycles. The predicted octanol–water partition coefficient (Wildman–Crippen LogP) is 9.18. The van der Waals surface area contributed by atoms with Gasteiger partial charge in [-0.05, 0) is 44.1 Å². The van der Waals surface area contributed by atoms with Crippen LogP contribution in [0, 0.1) is 0 Å². The van der Waals surface area contributed by atoms with Crippen molar-refractivity contribution in [3.05, 3.63) is 29.3 Å². The molecule has 208 valence electrons. The molecule has 1 rings (SSSR count). The van der Waals surface area contributed by atoms with Gasteiger partial charge in [0.05, 0.1) is 0 Å². The number of carbonyl (C=O) groups is 1. The van der Waals surface area contributed by atoms with Crippen molar-refractivity contribution in [2.75, 3.05) is 0 Å². The van der Waals surface area contributed by atoms with Gasteiger partial charge in [0.2, 0.25) is 0 Å². The van der Waals surface area contributed by atoms with E-state index >= 15 is 0 Å². The first-order valence-corrected chi connectivity index (χ1v) is 14.5. The summed E-state index contributed by atoms with van der Waals surface area (Å²) >= 11 is 0. The zero-order valence-electron chi connectivity index (χ0n) is 23.3. The molecule has 1 aromatic carbocycles. The van der Waals surface area contributed by atoms with Crippen LogP contribution in [0.15, 0.2) is 18.2 Å². The molecule has 0 unspecified atom stereocenters. The summed E-state index contributed by atoms with van der Waals surface area (Å²) in [5.74, 6) is -2.20. The number of aromatic hydroxyl groups is 1. The van der Waals surface area contributed by atoms with Crippen molar-refractivity contribution in [3.63, 3.8) is 0 Å². The van der Waals surface area contributed by atoms with Crippen molar-refractivity contribution < 1.29 is 48.6 Å². The van der Waals surface area contributed by atoms with E-state index < -0.39 is 12.1 Å². The van der Waals surface area contributed by atoms with Gasteiger partial charge in [0.25, 0.3) is 0 Å². The van der Waals surface area contributed by atoms with Crippen LogP contribution >= 0.6 is 15.8 Å². The summed E-state index contributed by atoms with van der Waals surface area (Å²) in [6.45, 7) is 28.2. The molecule has 2 N–H and O–H groups in total.